The molecule has 2 aromatic rings. The number of carbonyl (C=O) groups is 3. The van der Waals surface area contributed by atoms with Crippen molar-refractivity contribution in [1.82, 2.24) is 10.2 Å². The first-order valence-electron chi connectivity index (χ1n) is 10.4. The van der Waals surface area contributed by atoms with Gasteiger partial charge in [0.1, 0.15) is 12.7 Å². The van der Waals surface area contributed by atoms with Gasteiger partial charge in [0.05, 0.1) is 13.1 Å². The number of carbonyl (C=O) groups excluding carboxylic acids is 2. The molecule has 1 fully saturated rings. The third-order valence-corrected chi connectivity index (χ3v) is 6.48. The van der Waals surface area contributed by atoms with E-state index in [-0.39, 0.29) is 5.41 Å². The van der Waals surface area contributed by atoms with Crippen LogP contribution in [0.5, 0.6) is 0 Å². The van der Waals surface area contributed by atoms with Crippen LogP contribution in [0.2, 0.25) is 0 Å². The molecule has 2 aromatic carbocycles. The number of aliphatic carboxylic acids is 1. The zero-order valence-corrected chi connectivity index (χ0v) is 17.8. The Hall–Kier alpha value is -3.29. The summed E-state index contributed by atoms with van der Waals surface area (Å²) in [5.74, 6) is -2.68. The van der Waals surface area contributed by atoms with Crippen LogP contribution in [-0.2, 0) is 15.0 Å². The molecule has 0 unspecified atom stereocenters. The summed E-state index contributed by atoms with van der Waals surface area (Å²) < 4.78 is 27.3. The molecule has 0 saturated carbocycles. The molecule has 0 bridgehead atoms. The first-order valence-corrected chi connectivity index (χ1v) is 10.4. The Labute approximate surface area is 184 Å². The van der Waals surface area contributed by atoms with Crippen molar-refractivity contribution < 1.29 is 28.3 Å². The summed E-state index contributed by atoms with van der Waals surface area (Å²) in [6.07, 6.45) is -0.613. The average Bonchev–Trinajstić information content (AvgIpc) is 3.25. The predicted octanol–water partition coefficient (Wildman–Crippen LogP) is 3.09. The van der Waals surface area contributed by atoms with E-state index in [1.54, 1.807) is 12.1 Å². The van der Waals surface area contributed by atoms with Crippen molar-refractivity contribution in [2.24, 2.45) is 0 Å². The Balaban J connectivity index is 1.49. The summed E-state index contributed by atoms with van der Waals surface area (Å²) in [7, 11) is 0. The van der Waals surface area contributed by atoms with Crippen LogP contribution in [-0.4, -0.2) is 59.3 Å². The Morgan fingerprint density at radius 2 is 1.81 bits per heavy atom. The minimum Gasteiger partial charge on any atom is -0.480 e. The first kappa shape index (κ1) is 21.9. The standard InChI is InChI=1S/C24H24F2N2O4/c1-23(2)17-6-4-3-5-15(17)16-9-14(7-8-18(16)23)21(30)27-11-20(29)28-13-24(26,12-25)10-19(28)22(31)32/h3-9,19H,10-13H2,1-2H3,(H,27,30)(H,31,32)/t19-,24-/m0/s1. The summed E-state index contributed by atoms with van der Waals surface area (Å²) in [5, 5.41) is 11.7. The number of carboxylic acid groups (broad SMARTS) is 1. The molecule has 1 saturated heterocycles. The van der Waals surface area contributed by atoms with Crippen molar-refractivity contribution in [3.63, 3.8) is 0 Å². The van der Waals surface area contributed by atoms with Gasteiger partial charge in [0, 0.05) is 17.4 Å². The van der Waals surface area contributed by atoms with Gasteiger partial charge in [-0.25, -0.2) is 13.6 Å². The van der Waals surface area contributed by atoms with Crippen molar-refractivity contribution >= 4 is 17.8 Å². The SMILES string of the molecule is CC1(C)c2ccccc2-c2cc(C(=O)NCC(=O)N3C[C@@](F)(CF)C[C@H]3C(=O)O)ccc21. The van der Waals surface area contributed by atoms with Gasteiger partial charge >= 0.3 is 5.97 Å². The maximum atomic E-state index is 14.3. The molecule has 32 heavy (non-hydrogen) atoms. The monoisotopic (exact) mass is 442 g/mol. The number of nitrogens with one attached hydrogen (secondary N) is 1. The average molecular weight is 442 g/mol. The van der Waals surface area contributed by atoms with Crippen LogP contribution in [0, 0.1) is 0 Å². The maximum absolute atomic E-state index is 14.3. The maximum Gasteiger partial charge on any atom is 0.326 e. The van der Waals surface area contributed by atoms with Crippen LogP contribution >= 0.6 is 0 Å². The van der Waals surface area contributed by atoms with Crippen LogP contribution in [0.25, 0.3) is 11.1 Å². The van der Waals surface area contributed by atoms with Gasteiger partial charge in [-0.3, -0.25) is 9.59 Å². The molecule has 2 N–H and O–H groups in total. The number of rotatable bonds is 5. The van der Waals surface area contributed by atoms with Crippen molar-refractivity contribution in [1.29, 1.82) is 0 Å². The van der Waals surface area contributed by atoms with E-state index >= 15 is 0 Å². The molecule has 0 spiro atoms. The van der Waals surface area contributed by atoms with Gasteiger partial charge in [0.2, 0.25) is 5.91 Å². The molecule has 2 amide bonds. The van der Waals surface area contributed by atoms with Crippen LogP contribution in [0.15, 0.2) is 42.5 Å². The van der Waals surface area contributed by atoms with E-state index in [1.165, 1.54) is 5.56 Å². The van der Waals surface area contributed by atoms with Gasteiger partial charge in [-0.05, 0) is 34.4 Å². The number of hydrogen-bond acceptors (Lipinski definition) is 3. The Morgan fingerprint density at radius 1 is 1.12 bits per heavy atom. The molecular formula is C24H24F2N2O4. The van der Waals surface area contributed by atoms with E-state index in [2.05, 4.69) is 25.2 Å². The van der Waals surface area contributed by atoms with Crippen molar-refractivity contribution in [2.45, 2.75) is 37.4 Å². The molecule has 8 heteroatoms. The van der Waals surface area contributed by atoms with Crippen LogP contribution < -0.4 is 5.32 Å². The summed E-state index contributed by atoms with van der Waals surface area (Å²) in [6, 6.07) is 11.9. The lowest BCUT2D eigenvalue weighted by Gasteiger charge is -2.22. The topological polar surface area (TPSA) is 86.7 Å². The van der Waals surface area contributed by atoms with Crippen LogP contribution in [0.3, 0.4) is 0 Å². The Bertz CT molecular complexity index is 1120. The smallest absolute Gasteiger partial charge is 0.326 e. The number of nitrogens with zero attached hydrogens (tertiary/aromatic N) is 1. The summed E-state index contributed by atoms with van der Waals surface area (Å²) in [6.45, 7) is 1.70. The number of hydrogen-bond donors (Lipinski definition) is 2. The minimum atomic E-state index is -2.39. The number of halogens is 2. The number of likely N-dealkylation sites (tertiary alicyclic amines) is 1. The van der Waals surface area contributed by atoms with Crippen LogP contribution in [0.4, 0.5) is 8.78 Å². The van der Waals surface area contributed by atoms with Gasteiger partial charge in [-0.1, -0.05) is 44.2 Å². The fourth-order valence-corrected chi connectivity index (χ4v) is 4.74. The number of carboxylic acids is 1. The molecule has 168 valence electrons. The highest BCUT2D eigenvalue weighted by Crippen LogP contribution is 2.48. The van der Waals surface area contributed by atoms with E-state index in [0.717, 1.165) is 21.6 Å². The molecular weight excluding hydrogens is 418 g/mol. The largest absolute Gasteiger partial charge is 0.480 e. The normalized spacial score (nSPS) is 22.9. The summed E-state index contributed by atoms with van der Waals surface area (Å²) in [5.41, 5.74) is 2.02. The second-order valence-corrected chi connectivity index (χ2v) is 8.98. The van der Waals surface area contributed by atoms with Gasteiger partial charge in [0.25, 0.3) is 5.91 Å². The molecule has 2 atom stereocenters. The predicted molar refractivity (Wildman–Crippen MR) is 114 cm³/mol. The molecule has 4 rings (SSSR count). The van der Waals surface area contributed by atoms with E-state index in [4.69, 9.17) is 0 Å². The number of alkyl halides is 2. The zero-order chi connectivity index (χ0) is 23.3. The lowest BCUT2D eigenvalue weighted by molar-refractivity contribution is -0.147. The van der Waals surface area contributed by atoms with Gasteiger partial charge in [0.15, 0.2) is 5.67 Å². The lowest BCUT2D eigenvalue weighted by atomic mass is 9.82. The quantitative estimate of drug-likeness (QED) is 0.745. The zero-order valence-electron chi connectivity index (χ0n) is 17.8. The molecule has 1 aliphatic heterocycles. The van der Waals surface area contributed by atoms with Gasteiger partial charge in [-0.15, -0.1) is 0 Å². The number of benzene rings is 2. The number of amides is 2. The third kappa shape index (κ3) is 3.53. The summed E-state index contributed by atoms with van der Waals surface area (Å²) in [4.78, 5) is 37.4. The summed E-state index contributed by atoms with van der Waals surface area (Å²) >= 11 is 0. The fourth-order valence-electron chi connectivity index (χ4n) is 4.74. The van der Waals surface area contributed by atoms with E-state index in [0.29, 0.717) is 5.56 Å². The molecule has 1 heterocycles. The molecule has 6 nitrogen and oxygen atoms in total. The van der Waals surface area contributed by atoms with Gasteiger partial charge < -0.3 is 15.3 Å². The van der Waals surface area contributed by atoms with E-state index < -0.39 is 55.7 Å². The third-order valence-electron chi connectivity index (χ3n) is 6.48. The van der Waals surface area contributed by atoms with Crippen molar-refractivity contribution in [2.75, 3.05) is 19.8 Å². The second-order valence-electron chi connectivity index (χ2n) is 8.98. The molecule has 0 radical (unpaired) electrons. The fraction of sp³-hybridized carbons (Fsp3) is 0.375. The second kappa shape index (κ2) is 7.69. The van der Waals surface area contributed by atoms with Crippen molar-refractivity contribution in [3.8, 4) is 11.1 Å². The Kier molecular flexibility index (Phi) is 5.27. The van der Waals surface area contributed by atoms with E-state index in [9.17, 15) is 28.3 Å². The highest BCUT2D eigenvalue weighted by Gasteiger charge is 2.49. The highest BCUT2D eigenvalue weighted by atomic mass is 19.2. The number of fused-ring (bicyclic) bond motifs is 3. The lowest BCUT2D eigenvalue weighted by Crippen LogP contribution is -2.46. The van der Waals surface area contributed by atoms with Crippen LogP contribution in [0.1, 0.15) is 41.8 Å². The van der Waals surface area contributed by atoms with Crippen molar-refractivity contribution in [3.05, 3.63) is 59.2 Å². The minimum absolute atomic E-state index is 0.201. The van der Waals surface area contributed by atoms with E-state index in [1.807, 2.05) is 24.3 Å². The first-order chi connectivity index (χ1) is 15.1. The van der Waals surface area contributed by atoms with Gasteiger partial charge in [-0.2, -0.15) is 0 Å². The Morgan fingerprint density at radius 3 is 2.50 bits per heavy atom. The molecule has 1 aliphatic carbocycles. The highest BCUT2D eigenvalue weighted by molar-refractivity contribution is 5.99. The molecule has 0 aromatic heterocycles. The molecule has 2 aliphatic rings.